The number of aryl methyl sites for hydroxylation is 1. The van der Waals surface area contributed by atoms with Gasteiger partial charge in [-0.2, -0.15) is 0 Å². The van der Waals surface area contributed by atoms with Crippen LogP contribution in [-0.2, 0) is 6.54 Å². The van der Waals surface area contributed by atoms with Gasteiger partial charge in [0.25, 0.3) is 0 Å². The average molecular weight is 358 g/mol. The van der Waals surface area contributed by atoms with Crippen LogP contribution in [0.4, 0.5) is 5.69 Å². The Labute approximate surface area is 163 Å². The number of piperazine rings is 1. The lowest BCUT2D eigenvalue weighted by Gasteiger charge is -2.34. The summed E-state index contributed by atoms with van der Waals surface area (Å²) < 4.78 is 0. The monoisotopic (exact) mass is 357 g/mol. The zero-order valence-electron chi connectivity index (χ0n) is 16.4. The van der Waals surface area contributed by atoms with Gasteiger partial charge in [0.1, 0.15) is 6.54 Å². The average Bonchev–Trinajstić information content (AvgIpc) is 2.72. The maximum absolute atomic E-state index is 2.56. The number of anilines is 1. The standard InChI is InChI=1S/C25H28N2/c1-20-7-6-10-25(21(20)2)27-17-15-26(16-18-27)19-22-11-13-24(14-12-22)23-8-4-3-5-9-23/h3-14H,15-19H2,1-2H3/p+1. The number of nitrogens with one attached hydrogen (secondary N) is 1. The van der Waals surface area contributed by atoms with Gasteiger partial charge in [0.15, 0.2) is 0 Å². The molecule has 0 unspecified atom stereocenters. The minimum absolute atomic E-state index is 1.12. The Morgan fingerprint density at radius 3 is 2.11 bits per heavy atom. The van der Waals surface area contributed by atoms with Crippen LogP contribution in [0.2, 0.25) is 0 Å². The molecule has 27 heavy (non-hydrogen) atoms. The Morgan fingerprint density at radius 1 is 0.741 bits per heavy atom. The van der Waals surface area contributed by atoms with Crippen molar-refractivity contribution in [2.45, 2.75) is 20.4 Å². The van der Waals surface area contributed by atoms with Crippen LogP contribution in [0, 0.1) is 13.8 Å². The fourth-order valence-electron chi connectivity index (χ4n) is 4.05. The first kappa shape index (κ1) is 17.8. The van der Waals surface area contributed by atoms with Crippen LogP contribution in [0.5, 0.6) is 0 Å². The van der Waals surface area contributed by atoms with Gasteiger partial charge in [0.05, 0.1) is 26.2 Å². The minimum Gasteiger partial charge on any atom is -0.360 e. The summed E-state index contributed by atoms with van der Waals surface area (Å²) >= 11 is 0. The molecule has 1 saturated heterocycles. The van der Waals surface area contributed by atoms with Gasteiger partial charge in [-0.15, -0.1) is 0 Å². The van der Waals surface area contributed by atoms with Crippen LogP contribution >= 0.6 is 0 Å². The van der Waals surface area contributed by atoms with Crippen molar-refractivity contribution in [3.8, 4) is 11.1 Å². The van der Waals surface area contributed by atoms with E-state index in [0.29, 0.717) is 0 Å². The number of rotatable bonds is 4. The molecule has 0 atom stereocenters. The molecular weight excluding hydrogens is 328 g/mol. The van der Waals surface area contributed by atoms with Crippen LogP contribution in [0.25, 0.3) is 11.1 Å². The van der Waals surface area contributed by atoms with Crippen molar-refractivity contribution in [2.75, 3.05) is 31.1 Å². The summed E-state index contributed by atoms with van der Waals surface area (Å²) in [6.07, 6.45) is 0. The Kier molecular flexibility index (Phi) is 5.26. The van der Waals surface area contributed by atoms with Gasteiger partial charge in [-0.3, -0.25) is 0 Å². The second-order valence-corrected chi connectivity index (χ2v) is 7.70. The van der Waals surface area contributed by atoms with Gasteiger partial charge in [0.2, 0.25) is 0 Å². The van der Waals surface area contributed by atoms with Crippen LogP contribution < -0.4 is 9.80 Å². The molecule has 0 saturated carbocycles. The number of hydrogen-bond donors (Lipinski definition) is 1. The Balaban J connectivity index is 1.36. The highest BCUT2D eigenvalue weighted by molar-refractivity contribution is 5.63. The second-order valence-electron chi connectivity index (χ2n) is 7.70. The summed E-state index contributed by atoms with van der Waals surface area (Å²) in [7, 11) is 0. The molecule has 3 aromatic rings. The highest BCUT2D eigenvalue weighted by Crippen LogP contribution is 2.22. The van der Waals surface area contributed by atoms with E-state index in [0.717, 1.165) is 19.6 Å². The van der Waals surface area contributed by atoms with Gasteiger partial charge in [0, 0.05) is 11.3 Å². The zero-order valence-corrected chi connectivity index (χ0v) is 16.4. The van der Waals surface area contributed by atoms with E-state index in [1.165, 1.54) is 46.6 Å². The predicted octanol–water partition coefficient (Wildman–Crippen LogP) is 3.88. The maximum Gasteiger partial charge on any atom is 0.103 e. The summed E-state index contributed by atoms with van der Waals surface area (Å²) in [6.45, 7) is 10.3. The van der Waals surface area contributed by atoms with Gasteiger partial charge < -0.3 is 9.80 Å². The third-order valence-electron chi connectivity index (χ3n) is 5.90. The van der Waals surface area contributed by atoms with Crippen molar-refractivity contribution in [3.63, 3.8) is 0 Å². The molecule has 0 bridgehead atoms. The molecule has 2 nitrogen and oxygen atoms in total. The predicted molar refractivity (Wildman–Crippen MR) is 114 cm³/mol. The highest BCUT2D eigenvalue weighted by Gasteiger charge is 2.21. The maximum atomic E-state index is 2.56. The smallest absolute Gasteiger partial charge is 0.103 e. The third-order valence-corrected chi connectivity index (χ3v) is 5.90. The minimum atomic E-state index is 1.12. The zero-order chi connectivity index (χ0) is 18.6. The topological polar surface area (TPSA) is 7.68 Å². The molecule has 1 aliphatic rings. The van der Waals surface area contributed by atoms with E-state index < -0.39 is 0 Å². The van der Waals surface area contributed by atoms with Gasteiger partial charge in [-0.25, -0.2) is 0 Å². The molecule has 0 aliphatic carbocycles. The van der Waals surface area contributed by atoms with E-state index in [1.54, 1.807) is 4.90 Å². The number of benzene rings is 3. The summed E-state index contributed by atoms with van der Waals surface area (Å²) in [5, 5.41) is 0. The summed E-state index contributed by atoms with van der Waals surface area (Å²) in [5.41, 5.74) is 8.26. The second kappa shape index (κ2) is 7.98. The van der Waals surface area contributed by atoms with Crippen molar-refractivity contribution < 1.29 is 4.90 Å². The molecule has 1 fully saturated rings. The first-order chi connectivity index (χ1) is 13.2. The van der Waals surface area contributed by atoms with E-state index in [1.807, 2.05) is 0 Å². The number of quaternary nitrogens is 1. The Bertz CT molecular complexity index is 876. The lowest BCUT2D eigenvalue weighted by Crippen LogP contribution is -3.13. The van der Waals surface area contributed by atoms with E-state index >= 15 is 0 Å². The Morgan fingerprint density at radius 2 is 1.41 bits per heavy atom. The third kappa shape index (κ3) is 4.06. The summed E-state index contributed by atoms with van der Waals surface area (Å²) in [4.78, 5) is 4.24. The van der Waals surface area contributed by atoms with Crippen molar-refractivity contribution >= 4 is 5.69 Å². The normalized spacial score (nSPS) is 15.1. The summed E-state index contributed by atoms with van der Waals surface area (Å²) in [5.74, 6) is 0. The van der Waals surface area contributed by atoms with E-state index in [2.05, 4.69) is 91.5 Å². The van der Waals surface area contributed by atoms with Gasteiger partial charge in [-0.05, 0) is 42.2 Å². The van der Waals surface area contributed by atoms with Crippen LogP contribution in [0.1, 0.15) is 16.7 Å². The number of hydrogen-bond acceptors (Lipinski definition) is 1. The van der Waals surface area contributed by atoms with Crippen LogP contribution in [0.3, 0.4) is 0 Å². The van der Waals surface area contributed by atoms with Crippen molar-refractivity contribution in [1.29, 1.82) is 0 Å². The summed E-state index contributed by atoms with van der Waals surface area (Å²) in [6, 6.07) is 26.4. The van der Waals surface area contributed by atoms with Crippen LogP contribution in [0.15, 0.2) is 72.8 Å². The molecule has 3 aromatic carbocycles. The number of nitrogens with zero attached hydrogens (tertiary/aromatic N) is 1. The molecule has 2 heteroatoms. The molecule has 1 heterocycles. The van der Waals surface area contributed by atoms with E-state index in [9.17, 15) is 0 Å². The largest absolute Gasteiger partial charge is 0.360 e. The molecule has 0 radical (unpaired) electrons. The molecule has 0 amide bonds. The Hall–Kier alpha value is -2.58. The van der Waals surface area contributed by atoms with Crippen molar-refractivity contribution in [1.82, 2.24) is 0 Å². The first-order valence-electron chi connectivity index (χ1n) is 10.00. The van der Waals surface area contributed by atoms with E-state index in [4.69, 9.17) is 0 Å². The fourth-order valence-corrected chi connectivity index (χ4v) is 4.05. The fraction of sp³-hybridized carbons (Fsp3) is 0.280. The quantitative estimate of drug-likeness (QED) is 0.745. The SMILES string of the molecule is Cc1cccc(N2CC[NH+](Cc3ccc(-c4ccccc4)cc3)CC2)c1C. The molecule has 0 spiro atoms. The first-order valence-corrected chi connectivity index (χ1v) is 10.00. The molecule has 4 rings (SSSR count). The molecule has 0 aromatic heterocycles. The van der Waals surface area contributed by atoms with Gasteiger partial charge >= 0.3 is 0 Å². The lowest BCUT2D eigenvalue weighted by atomic mass is 10.0. The molecule has 138 valence electrons. The molecular formula is C25H29N2+. The highest BCUT2D eigenvalue weighted by atomic mass is 15.3. The lowest BCUT2D eigenvalue weighted by molar-refractivity contribution is -0.914. The molecule has 1 aliphatic heterocycles. The van der Waals surface area contributed by atoms with Crippen molar-refractivity contribution in [2.24, 2.45) is 0 Å². The van der Waals surface area contributed by atoms with E-state index in [-0.39, 0.29) is 0 Å². The van der Waals surface area contributed by atoms with Crippen LogP contribution in [-0.4, -0.2) is 26.2 Å². The molecule has 1 N–H and O–H groups in total. The van der Waals surface area contributed by atoms with Crippen molar-refractivity contribution in [3.05, 3.63) is 89.5 Å². The van der Waals surface area contributed by atoms with Gasteiger partial charge in [-0.1, -0.05) is 66.7 Å².